The average Bonchev–Trinajstić information content (AvgIpc) is 3.68. The Balaban J connectivity index is 0.00000131. The van der Waals surface area contributed by atoms with E-state index in [-0.39, 0.29) is 62.6 Å². The molecule has 68 heavy (non-hydrogen) atoms. The monoisotopic (exact) mass is 968 g/mol. The average molecular weight is 969 g/mol. The van der Waals surface area contributed by atoms with Crippen LogP contribution in [0.1, 0.15) is 70.4 Å². The third kappa shape index (κ3) is 19.3. The second-order valence-corrected chi connectivity index (χ2v) is 16.9. The van der Waals surface area contributed by atoms with Gasteiger partial charge in [0.1, 0.15) is 5.75 Å². The number of rotatable bonds is 29. The lowest BCUT2D eigenvalue weighted by Gasteiger charge is -2.15. The maximum Gasteiger partial charge on any atom is 0.345 e. The van der Waals surface area contributed by atoms with Gasteiger partial charge in [0.15, 0.2) is 6.54 Å². The van der Waals surface area contributed by atoms with E-state index in [1.54, 1.807) is 50.2 Å². The molecule has 4 aromatic rings. The predicted molar refractivity (Wildman–Crippen MR) is 245 cm³/mol. The minimum atomic E-state index is -4.39. The van der Waals surface area contributed by atoms with Crippen LogP contribution in [-0.4, -0.2) is 139 Å². The summed E-state index contributed by atoms with van der Waals surface area (Å²) in [7, 11) is -4.39. The lowest BCUT2D eigenvalue weighted by Crippen LogP contribution is -2.37. The van der Waals surface area contributed by atoms with Crippen LogP contribution in [-0.2, 0) is 59.5 Å². The number of carboxylic acid groups (broad SMARTS) is 1. The molecule has 2 heterocycles. The summed E-state index contributed by atoms with van der Waals surface area (Å²) in [6.07, 6.45) is 1.31. The van der Waals surface area contributed by atoms with Gasteiger partial charge in [0, 0.05) is 68.6 Å². The number of esters is 1. The summed E-state index contributed by atoms with van der Waals surface area (Å²) in [6, 6.07) is 17.8. The van der Waals surface area contributed by atoms with Gasteiger partial charge in [0.25, 0.3) is 5.91 Å². The number of carbonyl (C=O) groups excluding carboxylic acids is 5. The van der Waals surface area contributed by atoms with Crippen molar-refractivity contribution in [2.45, 2.75) is 58.9 Å². The highest BCUT2D eigenvalue weighted by atomic mass is 32.2. The van der Waals surface area contributed by atoms with Crippen molar-refractivity contribution in [1.82, 2.24) is 16.0 Å². The van der Waals surface area contributed by atoms with Crippen LogP contribution < -0.4 is 25.3 Å². The molecule has 370 valence electrons. The third-order valence-corrected chi connectivity index (χ3v) is 10.9. The Morgan fingerprint density at radius 3 is 1.62 bits per heavy atom. The van der Waals surface area contributed by atoms with Crippen LogP contribution in [0.2, 0.25) is 0 Å². The molecule has 4 N–H and O–H groups in total. The van der Waals surface area contributed by atoms with E-state index in [0.717, 1.165) is 0 Å². The molecule has 0 aliphatic carbocycles. The summed E-state index contributed by atoms with van der Waals surface area (Å²) in [6.45, 7) is 8.02. The van der Waals surface area contributed by atoms with E-state index < -0.39 is 27.8 Å². The number of benzene rings is 3. The molecular formula is C47H60N4O16S. The molecule has 1 saturated heterocycles. The molecular weight excluding hydrogens is 909 g/mol. The Bertz CT molecular complexity index is 2370. The number of para-hydroxylation sites is 2. The first kappa shape index (κ1) is 54.7. The first-order valence-electron chi connectivity index (χ1n) is 22.2. The van der Waals surface area contributed by atoms with Gasteiger partial charge in [0.05, 0.1) is 92.5 Å². The normalized spacial score (nSPS) is 12.4. The molecule has 21 heteroatoms. The van der Waals surface area contributed by atoms with Crippen LogP contribution in [0.15, 0.2) is 60.7 Å². The number of nitrogens with one attached hydrogen (secondary N) is 3. The van der Waals surface area contributed by atoms with Crippen molar-refractivity contribution < 1.29 is 79.8 Å². The SMILES string of the molecule is Cc1cc(C(=O)NCCOCCOCCOCCOCCOCCNC(=O)CCCC(=O)O)cc(C)c1OC(=O)c1c2ccccc2[n+](CCCS(=O)(=O)[O-])c2ccccc12.O=C1CCC(=O)N1. The zero-order valence-electron chi connectivity index (χ0n) is 38.3. The zero-order valence-corrected chi connectivity index (χ0v) is 39.2. The number of aromatic nitrogens is 1. The van der Waals surface area contributed by atoms with Crippen molar-refractivity contribution in [3.63, 3.8) is 0 Å². The predicted octanol–water partition coefficient (Wildman–Crippen LogP) is 2.66. The molecule has 1 aliphatic heterocycles. The Kier molecular flexibility index (Phi) is 23.4. The summed E-state index contributed by atoms with van der Waals surface area (Å²) in [5.74, 6) is -2.48. The van der Waals surface area contributed by atoms with Gasteiger partial charge in [-0.25, -0.2) is 13.2 Å². The topological polar surface area (TPSA) is 275 Å². The van der Waals surface area contributed by atoms with Gasteiger partial charge in [-0.05, 0) is 55.7 Å². The highest BCUT2D eigenvalue weighted by Gasteiger charge is 2.26. The van der Waals surface area contributed by atoms with E-state index in [2.05, 4.69) is 16.0 Å². The van der Waals surface area contributed by atoms with Crippen molar-refractivity contribution in [1.29, 1.82) is 0 Å². The Morgan fingerprint density at radius 1 is 0.691 bits per heavy atom. The first-order chi connectivity index (χ1) is 32.6. The molecule has 1 fully saturated rings. The van der Waals surface area contributed by atoms with Gasteiger partial charge in [-0.3, -0.25) is 29.3 Å². The van der Waals surface area contributed by atoms with Gasteiger partial charge < -0.3 is 48.7 Å². The summed E-state index contributed by atoms with van der Waals surface area (Å²) in [5, 5.41) is 17.4. The fraction of sp³-hybridized carbons (Fsp3) is 0.468. The molecule has 0 radical (unpaired) electrons. The highest BCUT2D eigenvalue weighted by Crippen LogP contribution is 2.30. The van der Waals surface area contributed by atoms with Crippen molar-refractivity contribution >= 4 is 67.5 Å². The number of aryl methyl sites for hydroxylation is 3. The second-order valence-electron chi connectivity index (χ2n) is 15.4. The largest absolute Gasteiger partial charge is 0.748 e. The fourth-order valence-electron chi connectivity index (χ4n) is 6.94. The minimum absolute atomic E-state index is 0.0312. The molecule has 0 spiro atoms. The number of nitrogens with zero attached hydrogens (tertiary/aromatic N) is 1. The van der Waals surface area contributed by atoms with Crippen LogP contribution in [0.25, 0.3) is 21.8 Å². The molecule has 0 unspecified atom stereocenters. The maximum atomic E-state index is 14.0. The van der Waals surface area contributed by atoms with Crippen LogP contribution in [0, 0.1) is 13.8 Å². The van der Waals surface area contributed by atoms with Gasteiger partial charge >= 0.3 is 11.9 Å². The number of hydrogen-bond donors (Lipinski definition) is 4. The van der Waals surface area contributed by atoms with Crippen LogP contribution in [0.5, 0.6) is 5.75 Å². The van der Waals surface area contributed by atoms with Gasteiger partial charge in [-0.1, -0.05) is 24.3 Å². The van der Waals surface area contributed by atoms with Crippen LogP contribution >= 0.6 is 0 Å². The third-order valence-electron chi connectivity index (χ3n) is 10.1. The van der Waals surface area contributed by atoms with Crippen LogP contribution in [0.4, 0.5) is 0 Å². The summed E-state index contributed by atoms with van der Waals surface area (Å²) in [4.78, 5) is 69.2. The molecule has 1 aliphatic rings. The number of carboxylic acids is 1. The smallest absolute Gasteiger partial charge is 0.345 e. The number of hydrogen-bond acceptors (Lipinski definition) is 15. The molecule has 3 aromatic carbocycles. The molecule has 5 rings (SSSR count). The Labute approximate surface area is 394 Å². The quantitative estimate of drug-likeness (QED) is 0.0116. The number of amides is 4. The Hall–Kier alpha value is -5.94. The van der Waals surface area contributed by atoms with E-state index in [0.29, 0.717) is 135 Å². The molecule has 4 amide bonds. The van der Waals surface area contributed by atoms with Crippen molar-refractivity contribution in [2.75, 3.05) is 84.9 Å². The number of imide groups is 1. The van der Waals surface area contributed by atoms with Crippen LogP contribution in [0.3, 0.4) is 0 Å². The van der Waals surface area contributed by atoms with Crippen molar-refractivity contribution in [2.24, 2.45) is 0 Å². The van der Waals surface area contributed by atoms with Gasteiger partial charge in [-0.15, -0.1) is 0 Å². The zero-order chi connectivity index (χ0) is 49.3. The first-order valence-corrected chi connectivity index (χ1v) is 23.8. The van der Waals surface area contributed by atoms with Gasteiger partial charge in [-0.2, -0.15) is 4.57 Å². The molecule has 1 aromatic heterocycles. The molecule has 0 bridgehead atoms. The van der Waals surface area contributed by atoms with E-state index in [1.807, 2.05) is 28.8 Å². The minimum Gasteiger partial charge on any atom is -0.748 e. The number of fused-ring (bicyclic) bond motifs is 2. The lowest BCUT2D eigenvalue weighted by atomic mass is 10.0. The van der Waals surface area contributed by atoms with E-state index in [9.17, 15) is 41.7 Å². The summed E-state index contributed by atoms with van der Waals surface area (Å²) >= 11 is 0. The standard InChI is InChI=1S/C43H55N3O14S.C4H5NO2/c1-31-29-33(42(50)45-16-19-56-21-23-58-25-27-59-26-24-57-22-20-55-18-15-44-38(47)13-7-14-39(48)49)30-32(2)41(31)60-43(51)40-34-9-3-5-11-36(34)46(17-8-28-61(52,53)54)37-12-6-4-10-35(37)40;6-3-1-2-4(7)5-3/h3-6,9-12,29-30H,7-8,13-28H2,1-2H3,(H3-,44,45,47,48,49,50,52,53,54);1-2H2,(H,5,6,7). The highest BCUT2D eigenvalue weighted by molar-refractivity contribution is 7.85. The fourth-order valence-corrected chi connectivity index (χ4v) is 7.42. The van der Waals surface area contributed by atoms with E-state index in [1.165, 1.54) is 0 Å². The maximum absolute atomic E-state index is 14.0. The number of ether oxygens (including phenoxy) is 6. The molecule has 20 nitrogen and oxygen atoms in total. The number of pyridine rings is 1. The molecule has 0 atom stereocenters. The Morgan fingerprint density at radius 2 is 1.16 bits per heavy atom. The summed E-state index contributed by atoms with van der Waals surface area (Å²) in [5.41, 5.74) is 3.30. The van der Waals surface area contributed by atoms with Crippen molar-refractivity contribution in [3.05, 3.63) is 82.9 Å². The number of aliphatic carboxylic acids is 1. The summed E-state index contributed by atoms with van der Waals surface area (Å²) < 4.78 is 69.2. The number of carbonyl (C=O) groups is 6. The molecule has 0 saturated carbocycles. The van der Waals surface area contributed by atoms with Crippen molar-refractivity contribution in [3.8, 4) is 5.75 Å². The van der Waals surface area contributed by atoms with E-state index >= 15 is 0 Å². The second kappa shape index (κ2) is 29.1. The van der Waals surface area contributed by atoms with E-state index in [4.69, 9.17) is 33.5 Å². The lowest BCUT2D eigenvalue weighted by molar-refractivity contribution is -0.645. The van der Waals surface area contributed by atoms with Gasteiger partial charge in [0.2, 0.25) is 28.8 Å².